The molecule has 2 aliphatic heterocycles. The van der Waals surface area contributed by atoms with Crippen molar-refractivity contribution in [2.45, 2.75) is 32.9 Å². The van der Waals surface area contributed by atoms with Gasteiger partial charge in [-0.3, -0.25) is 34.2 Å². The number of rotatable bonds is 16. The van der Waals surface area contributed by atoms with Gasteiger partial charge < -0.3 is 41.0 Å². The zero-order valence-corrected chi connectivity index (χ0v) is 51.7. The second-order valence-electron chi connectivity index (χ2n) is 21.3. The van der Waals surface area contributed by atoms with E-state index in [2.05, 4.69) is 94.9 Å². The summed E-state index contributed by atoms with van der Waals surface area (Å²) in [5.74, 6) is -0.371. The Balaban J connectivity index is 0.000000184. The fourth-order valence-corrected chi connectivity index (χ4v) is 12.8. The Morgan fingerprint density at radius 1 is 0.517 bits per heavy atom. The molecule has 15 nitrogen and oxygen atoms in total. The number of amides is 3. The van der Waals surface area contributed by atoms with Gasteiger partial charge in [-0.1, -0.05) is 109 Å². The Morgan fingerprint density at radius 2 is 0.944 bits per heavy atom. The van der Waals surface area contributed by atoms with Crippen molar-refractivity contribution in [1.82, 2.24) is 40.6 Å². The number of ether oxygens (including phenoxy) is 2. The van der Waals surface area contributed by atoms with Gasteiger partial charge in [0.25, 0.3) is 0 Å². The van der Waals surface area contributed by atoms with Gasteiger partial charge in [0.2, 0.25) is 17.7 Å². The molecule has 0 unspecified atom stereocenters. The van der Waals surface area contributed by atoms with Crippen LogP contribution in [0.15, 0.2) is 182 Å². The van der Waals surface area contributed by atoms with Gasteiger partial charge >= 0.3 is 0 Å². The largest absolute Gasteiger partial charge is 0.453 e. The van der Waals surface area contributed by atoms with Crippen LogP contribution in [-0.4, -0.2) is 105 Å². The summed E-state index contributed by atoms with van der Waals surface area (Å²) in [6.45, 7) is 10.9. The maximum Gasteiger partial charge on any atom is 0.230 e. The molecule has 0 atom stereocenters. The average molecular weight is 1270 g/mol. The van der Waals surface area contributed by atoms with Crippen LogP contribution in [0.1, 0.15) is 29.2 Å². The average Bonchev–Trinajstić information content (AvgIpc) is 2.70. The second kappa shape index (κ2) is 29.4. The molecule has 89 heavy (non-hydrogen) atoms. The predicted octanol–water partition coefficient (Wildman–Crippen LogP) is 13.0. The lowest BCUT2D eigenvalue weighted by atomic mass is 10.1. The number of hydrogen-bond donors (Lipinski definition) is 5. The molecule has 5 N–H and O–H groups in total. The predicted molar refractivity (Wildman–Crippen MR) is 358 cm³/mol. The van der Waals surface area contributed by atoms with Gasteiger partial charge in [-0.25, -0.2) is 8.78 Å². The monoisotopic (exact) mass is 1260 g/mol. The van der Waals surface area contributed by atoms with Gasteiger partial charge in [-0.2, -0.15) is 0 Å². The van der Waals surface area contributed by atoms with Crippen LogP contribution in [0, 0.1) is 11.6 Å². The van der Waals surface area contributed by atoms with Gasteiger partial charge in [0.1, 0.15) is 11.5 Å². The van der Waals surface area contributed by atoms with Crippen LogP contribution in [0.25, 0.3) is 41.3 Å². The Bertz CT molecular complexity index is 4140. The number of benzene rings is 6. The number of fused-ring (bicyclic) bond motifs is 2. The van der Waals surface area contributed by atoms with E-state index >= 15 is 8.78 Å². The highest BCUT2D eigenvalue weighted by Crippen LogP contribution is 2.42. The first kappa shape index (κ1) is 61.7. The normalized spacial score (nSPS) is 13.4. The fourth-order valence-electron chi connectivity index (χ4n) is 10.2. The first-order valence-corrected chi connectivity index (χ1v) is 31.4. The molecular weight excluding hydrogens is 1200 g/mol. The van der Waals surface area contributed by atoms with Crippen LogP contribution in [0.4, 0.5) is 20.2 Å². The number of thiophene rings is 2. The number of pyridine rings is 2. The molecule has 2 fully saturated rings. The highest BCUT2D eigenvalue weighted by Gasteiger charge is 2.21. The maximum absolute atomic E-state index is 15.1. The van der Waals surface area contributed by atoms with Gasteiger partial charge in [0.15, 0.2) is 33.4 Å². The Labute approximate surface area is 532 Å². The van der Waals surface area contributed by atoms with Crippen molar-refractivity contribution in [2.75, 3.05) is 63.0 Å². The van der Waals surface area contributed by atoms with Crippen molar-refractivity contribution >= 4 is 107 Å². The SMILES string of the molecule is CC(=O)N1CCN(Cc2ccc(-c3cc4nccc(Oc5ccc(NC(=S)NC(=O)Cc6ccccc6)cc5F)c4s3)cc2)CC1.O=C(Cc1ccccc1)NC(=S)Nc1ccc(Oc2ccnc3cc(-c4ccc(CN5CCNCC5)cc4)sc23)c(F)c1. The van der Waals surface area contributed by atoms with Gasteiger partial charge in [0, 0.05) is 130 Å². The summed E-state index contributed by atoms with van der Waals surface area (Å²) in [5.41, 5.74) is 8.74. The number of nitrogens with one attached hydrogen (secondary N) is 5. The van der Waals surface area contributed by atoms with Crippen LogP contribution in [-0.2, 0) is 40.3 Å². The number of aromatic nitrogens is 2. The number of hydrogen-bond acceptors (Lipinski definition) is 14. The van der Waals surface area contributed by atoms with Gasteiger partial charge in [-0.15, -0.1) is 22.7 Å². The van der Waals surface area contributed by atoms with Crippen LogP contribution < -0.4 is 36.1 Å². The number of anilines is 2. The van der Waals surface area contributed by atoms with Crippen LogP contribution in [0.5, 0.6) is 23.0 Å². The summed E-state index contributed by atoms with van der Waals surface area (Å²) in [6, 6.07) is 52.2. The van der Waals surface area contributed by atoms with Gasteiger partial charge in [0.05, 0.1) is 33.3 Å². The maximum atomic E-state index is 15.1. The van der Waals surface area contributed by atoms with Crippen molar-refractivity contribution in [3.63, 3.8) is 0 Å². The number of halogens is 2. The highest BCUT2D eigenvalue weighted by atomic mass is 32.1. The van der Waals surface area contributed by atoms with Crippen molar-refractivity contribution in [1.29, 1.82) is 0 Å². The van der Waals surface area contributed by atoms with E-state index in [1.54, 1.807) is 54.9 Å². The molecule has 6 aromatic carbocycles. The van der Waals surface area contributed by atoms with E-state index in [4.69, 9.17) is 33.9 Å². The fraction of sp³-hybridized carbons (Fsp3) is 0.191. The first-order chi connectivity index (χ1) is 43.3. The highest BCUT2D eigenvalue weighted by molar-refractivity contribution is 7.80. The van der Waals surface area contributed by atoms with Crippen molar-refractivity contribution in [3.05, 3.63) is 216 Å². The van der Waals surface area contributed by atoms with E-state index in [0.717, 1.165) is 118 Å². The van der Waals surface area contributed by atoms with Gasteiger partial charge in [-0.05, 0) is 94.2 Å². The third-order valence-electron chi connectivity index (χ3n) is 14.8. The van der Waals surface area contributed by atoms with Crippen LogP contribution in [0.2, 0.25) is 0 Å². The van der Waals surface area contributed by atoms with Crippen LogP contribution >= 0.6 is 47.1 Å². The summed E-state index contributed by atoms with van der Waals surface area (Å²) in [6.07, 6.45) is 3.68. The molecule has 452 valence electrons. The molecule has 0 saturated carbocycles. The molecule has 10 aromatic rings. The van der Waals surface area contributed by atoms with E-state index in [0.29, 0.717) is 22.9 Å². The number of thiocarbonyl (C=S) groups is 2. The lowest BCUT2D eigenvalue weighted by Crippen LogP contribution is -2.47. The number of carbonyl (C=O) groups excluding carboxylic acids is 3. The van der Waals surface area contributed by atoms with E-state index < -0.39 is 11.6 Å². The summed E-state index contributed by atoms with van der Waals surface area (Å²) in [4.78, 5) is 54.0. The zero-order chi connectivity index (χ0) is 61.6. The summed E-state index contributed by atoms with van der Waals surface area (Å²) in [7, 11) is 0. The van der Waals surface area contributed by atoms with Crippen molar-refractivity contribution in [2.24, 2.45) is 0 Å². The zero-order valence-electron chi connectivity index (χ0n) is 48.5. The summed E-state index contributed by atoms with van der Waals surface area (Å²) < 4.78 is 43.9. The van der Waals surface area contributed by atoms with E-state index in [-0.39, 0.29) is 52.3 Å². The van der Waals surface area contributed by atoms with Crippen molar-refractivity contribution < 1.29 is 32.6 Å². The first-order valence-electron chi connectivity index (χ1n) is 28.9. The topological polar surface area (TPSA) is 165 Å². The van der Waals surface area contributed by atoms with E-state index in [1.807, 2.05) is 77.7 Å². The summed E-state index contributed by atoms with van der Waals surface area (Å²) >= 11 is 13.6. The van der Waals surface area contributed by atoms with E-state index in [1.165, 1.54) is 46.7 Å². The lowest BCUT2D eigenvalue weighted by Gasteiger charge is -2.34. The molecule has 4 aromatic heterocycles. The number of carbonyl (C=O) groups is 3. The molecule has 0 radical (unpaired) electrons. The molecule has 2 aliphatic rings. The molecule has 2 saturated heterocycles. The Morgan fingerprint density at radius 3 is 1.36 bits per heavy atom. The number of piperazine rings is 2. The smallest absolute Gasteiger partial charge is 0.230 e. The molecule has 3 amide bonds. The second-order valence-corrected chi connectivity index (χ2v) is 24.2. The minimum absolute atomic E-state index is 0.0560. The third kappa shape index (κ3) is 16.8. The molecule has 12 rings (SSSR count). The van der Waals surface area contributed by atoms with E-state index in [9.17, 15) is 14.4 Å². The van der Waals surface area contributed by atoms with Crippen molar-refractivity contribution in [3.8, 4) is 43.9 Å². The third-order valence-corrected chi connectivity index (χ3v) is 17.6. The lowest BCUT2D eigenvalue weighted by molar-refractivity contribution is -0.130. The standard InChI is InChI=1S/C35H32FN5O3S2.C33H30FN5O2S2/c1-23(42)41-17-15-40(16-18-41)22-25-7-9-26(10-8-25)32-21-29-34(46-32)31(13-14-37-29)44-30-12-11-27(20-28(30)36)38-35(45)39-33(43)19-24-5-3-2-4-6-24;34-26-19-25(37-33(42)38-31(40)18-22-4-2-1-3-5-22)10-11-28(26)41-29-12-13-36-27-20-30(43-32(27)29)24-8-6-23(7-9-24)21-39-16-14-35-15-17-39/h2-14,20-21H,15-19,22H2,1H3,(H2,38,39,43,45);1-13,19-20,35H,14-18,21H2,(H2,37,38,40,42). The molecule has 21 heteroatoms. The number of nitrogens with zero attached hydrogens (tertiary/aromatic N) is 5. The Kier molecular flexibility index (Phi) is 20.4. The molecule has 0 spiro atoms. The Hall–Kier alpha value is -8.93. The minimum atomic E-state index is -0.580. The molecule has 6 heterocycles. The molecule has 0 bridgehead atoms. The summed E-state index contributed by atoms with van der Waals surface area (Å²) in [5, 5.41) is 14.5. The molecule has 0 aliphatic carbocycles. The molecular formula is C68H62F2N10O5S4. The minimum Gasteiger partial charge on any atom is -0.453 e. The quantitative estimate of drug-likeness (QED) is 0.0580. The van der Waals surface area contributed by atoms with Crippen LogP contribution in [0.3, 0.4) is 0 Å².